The zero-order valence-electron chi connectivity index (χ0n) is 10.8. The van der Waals surface area contributed by atoms with Crippen molar-refractivity contribution in [1.29, 1.82) is 0 Å². The molecular formula is C15H14IN3. The summed E-state index contributed by atoms with van der Waals surface area (Å²) in [6.07, 6.45) is 3.90. The lowest BCUT2D eigenvalue weighted by Crippen LogP contribution is -2.07. The van der Waals surface area contributed by atoms with Gasteiger partial charge in [0.15, 0.2) is 0 Å². The molecule has 1 aromatic carbocycles. The highest BCUT2D eigenvalue weighted by atomic mass is 127. The fourth-order valence-electron chi connectivity index (χ4n) is 2.08. The molecule has 0 aliphatic rings. The van der Waals surface area contributed by atoms with E-state index in [1.165, 1.54) is 20.2 Å². The van der Waals surface area contributed by atoms with E-state index in [-0.39, 0.29) is 0 Å². The van der Waals surface area contributed by atoms with Gasteiger partial charge in [-0.05, 0) is 46.4 Å². The smallest absolute Gasteiger partial charge is 0.138 e. The fraction of sp³-hybridized carbons (Fsp3) is 0.133. The summed E-state index contributed by atoms with van der Waals surface area (Å²) in [5, 5.41) is 1.18. The van der Waals surface area contributed by atoms with Gasteiger partial charge in [-0.1, -0.05) is 12.1 Å². The molecule has 3 rings (SSSR count). The van der Waals surface area contributed by atoms with E-state index < -0.39 is 0 Å². The third-order valence-corrected chi connectivity index (χ3v) is 4.09. The lowest BCUT2D eigenvalue weighted by atomic mass is 10.1. The van der Waals surface area contributed by atoms with Gasteiger partial charge in [0, 0.05) is 46.7 Å². The zero-order chi connectivity index (χ0) is 13.4. The van der Waals surface area contributed by atoms with Crippen molar-refractivity contribution < 1.29 is 0 Å². The number of halogens is 1. The normalized spacial score (nSPS) is 10.9. The molecule has 0 atom stereocenters. The first-order valence-electron chi connectivity index (χ1n) is 6.05. The van der Waals surface area contributed by atoms with Crippen molar-refractivity contribution in [2.75, 3.05) is 19.0 Å². The number of H-pyrrole nitrogens is 1. The van der Waals surface area contributed by atoms with Gasteiger partial charge in [0.05, 0.1) is 0 Å². The minimum absolute atomic E-state index is 0.943. The van der Waals surface area contributed by atoms with Crippen LogP contribution in [0.15, 0.2) is 42.7 Å². The van der Waals surface area contributed by atoms with Crippen LogP contribution in [0.1, 0.15) is 0 Å². The Morgan fingerprint density at radius 1 is 1.11 bits per heavy atom. The Bertz CT molecular complexity index is 714. The summed E-state index contributed by atoms with van der Waals surface area (Å²) in [5.41, 5.74) is 4.49. The second kappa shape index (κ2) is 4.85. The Balaban J connectivity index is 2.05. The summed E-state index contributed by atoms with van der Waals surface area (Å²) < 4.78 is 1.20. The van der Waals surface area contributed by atoms with E-state index in [4.69, 9.17) is 0 Å². The van der Waals surface area contributed by atoms with Crippen LogP contribution in [0.2, 0.25) is 0 Å². The predicted octanol–water partition coefficient (Wildman–Crippen LogP) is 3.90. The van der Waals surface area contributed by atoms with Crippen molar-refractivity contribution >= 4 is 39.3 Å². The van der Waals surface area contributed by atoms with Crippen molar-refractivity contribution in [1.82, 2.24) is 9.97 Å². The molecule has 96 valence electrons. The molecule has 3 nitrogen and oxygen atoms in total. The molecule has 1 N–H and O–H groups in total. The molecule has 0 radical (unpaired) electrons. The van der Waals surface area contributed by atoms with Gasteiger partial charge in [0.1, 0.15) is 5.65 Å². The van der Waals surface area contributed by atoms with Crippen molar-refractivity contribution in [2.45, 2.75) is 0 Å². The predicted molar refractivity (Wildman–Crippen MR) is 88.6 cm³/mol. The first-order chi connectivity index (χ1) is 9.15. The number of aromatic nitrogens is 2. The average molecular weight is 363 g/mol. The maximum Gasteiger partial charge on any atom is 0.138 e. The number of nitrogens with one attached hydrogen (secondary N) is 1. The molecule has 0 unspecified atom stereocenters. The highest BCUT2D eigenvalue weighted by Gasteiger charge is 2.05. The first-order valence-corrected chi connectivity index (χ1v) is 7.13. The standard InChI is InChI=1S/C15H14IN3/c1-19(2)12-5-3-10(4-6-12)11-7-13-14(16)9-18-15(13)17-8-11/h3-9H,1-2H3,(H,17,18). The molecule has 0 spiro atoms. The average Bonchev–Trinajstić information content (AvgIpc) is 2.80. The van der Waals surface area contributed by atoms with Gasteiger partial charge in [-0.3, -0.25) is 0 Å². The lowest BCUT2D eigenvalue weighted by molar-refractivity contribution is 1.13. The largest absolute Gasteiger partial charge is 0.378 e. The summed E-state index contributed by atoms with van der Waals surface area (Å²) in [6, 6.07) is 10.7. The molecule has 3 aromatic rings. The number of hydrogen-bond donors (Lipinski definition) is 1. The van der Waals surface area contributed by atoms with E-state index in [1.807, 2.05) is 26.5 Å². The maximum absolute atomic E-state index is 4.47. The first kappa shape index (κ1) is 12.5. The number of pyridine rings is 1. The Morgan fingerprint density at radius 3 is 2.53 bits per heavy atom. The van der Waals surface area contributed by atoms with Crippen LogP contribution in [0.25, 0.3) is 22.2 Å². The number of rotatable bonds is 2. The minimum atomic E-state index is 0.943. The van der Waals surface area contributed by atoms with Gasteiger partial charge < -0.3 is 9.88 Å². The van der Waals surface area contributed by atoms with Crippen LogP contribution < -0.4 is 4.90 Å². The maximum atomic E-state index is 4.47. The number of hydrogen-bond acceptors (Lipinski definition) is 2. The van der Waals surface area contributed by atoms with Crippen molar-refractivity contribution in [3.63, 3.8) is 0 Å². The zero-order valence-corrected chi connectivity index (χ0v) is 13.0. The second-order valence-corrected chi connectivity index (χ2v) is 5.86. The van der Waals surface area contributed by atoms with Crippen LogP contribution in [-0.4, -0.2) is 24.1 Å². The molecule has 2 aromatic heterocycles. The summed E-state index contributed by atoms with van der Waals surface area (Å²) in [7, 11) is 4.09. The summed E-state index contributed by atoms with van der Waals surface area (Å²) in [4.78, 5) is 9.73. The number of nitrogens with zero attached hydrogens (tertiary/aromatic N) is 2. The third kappa shape index (κ3) is 2.32. The Morgan fingerprint density at radius 2 is 1.84 bits per heavy atom. The molecule has 0 bridgehead atoms. The van der Waals surface area contributed by atoms with E-state index in [1.54, 1.807) is 0 Å². The fourth-order valence-corrected chi connectivity index (χ4v) is 2.65. The highest BCUT2D eigenvalue weighted by Crippen LogP contribution is 2.26. The number of aromatic amines is 1. The Hall–Kier alpha value is -1.56. The lowest BCUT2D eigenvalue weighted by Gasteiger charge is -2.12. The van der Waals surface area contributed by atoms with Crippen LogP contribution in [0.4, 0.5) is 5.69 Å². The van der Waals surface area contributed by atoms with Gasteiger partial charge >= 0.3 is 0 Å². The van der Waals surface area contributed by atoms with E-state index in [2.05, 4.69) is 67.8 Å². The summed E-state index contributed by atoms with van der Waals surface area (Å²) in [5.74, 6) is 0. The highest BCUT2D eigenvalue weighted by molar-refractivity contribution is 14.1. The van der Waals surface area contributed by atoms with Crippen LogP contribution in [0, 0.1) is 3.57 Å². The van der Waals surface area contributed by atoms with Crippen molar-refractivity contribution in [3.05, 3.63) is 46.3 Å². The monoisotopic (exact) mass is 363 g/mol. The number of anilines is 1. The van der Waals surface area contributed by atoms with Gasteiger partial charge in [-0.25, -0.2) is 4.98 Å². The Labute approximate surface area is 125 Å². The van der Waals surface area contributed by atoms with E-state index >= 15 is 0 Å². The number of benzene rings is 1. The van der Waals surface area contributed by atoms with Crippen molar-refractivity contribution in [3.8, 4) is 11.1 Å². The van der Waals surface area contributed by atoms with Gasteiger partial charge in [0.2, 0.25) is 0 Å². The van der Waals surface area contributed by atoms with Crippen molar-refractivity contribution in [2.24, 2.45) is 0 Å². The van der Waals surface area contributed by atoms with Gasteiger partial charge in [0.25, 0.3) is 0 Å². The molecule has 0 fully saturated rings. The van der Waals surface area contributed by atoms with E-state index in [0.29, 0.717) is 0 Å². The molecule has 0 saturated heterocycles. The van der Waals surface area contributed by atoms with Gasteiger partial charge in [-0.2, -0.15) is 0 Å². The van der Waals surface area contributed by atoms with Crippen LogP contribution in [0.5, 0.6) is 0 Å². The molecule has 0 amide bonds. The molecule has 0 saturated carbocycles. The molecular weight excluding hydrogens is 349 g/mol. The van der Waals surface area contributed by atoms with Crippen LogP contribution in [0.3, 0.4) is 0 Å². The topological polar surface area (TPSA) is 31.9 Å². The number of fused-ring (bicyclic) bond motifs is 1. The summed E-state index contributed by atoms with van der Waals surface area (Å²) in [6.45, 7) is 0. The SMILES string of the molecule is CN(C)c1ccc(-c2cnc3[nH]cc(I)c3c2)cc1. The molecule has 4 heteroatoms. The minimum Gasteiger partial charge on any atom is -0.378 e. The second-order valence-electron chi connectivity index (χ2n) is 4.70. The van der Waals surface area contributed by atoms with Gasteiger partial charge in [-0.15, -0.1) is 0 Å². The van der Waals surface area contributed by atoms with Crippen LogP contribution >= 0.6 is 22.6 Å². The van der Waals surface area contributed by atoms with E-state index in [0.717, 1.165) is 11.2 Å². The molecule has 0 aliphatic carbocycles. The third-order valence-electron chi connectivity index (χ3n) is 3.20. The quantitative estimate of drug-likeness (QED) is 0.701. The molecule has 2 heterocycles. The summed E-state index contributed by atoms with van der Waals surface area (Å²) >= 11 is 2.33. The molecule has 19 heavy (non-hydrogen) atoms. The molecule has 0 aliphatic heterocycles. The van der Waals surface area contributed by atoms with Crippen LogP contribution in [-0.2, 0) is 0 Å². The Kier molecular flexibility index (Phi) is 3.18. The van der Waals surface area contributed by atoms with E-state index in [9.17, 15) is 0 Å².